The lowest BCUT2D eigenvalue weighted by Crippen LogP contribution is -2.41. The van der Waals surface area contributed by atoms with Crippen molar-refractivity contribution in [3.05, 3.63) is 35.4 Å². The van der Waals surface area contributed by atoms with Crippen LogP contribution in [0.15, 0.2) is 24.3 Å². The molecule has 3 atom stereocenters. The van der Waals surface area contributed by atoms with Crippen molar-refractivity contribution in [1.82, 2.24) is 0 Å². The molecule has 36 heavy (non-hydrogen) atoms. The summed E-state index contributed by atoms with van der Waals surface area (Å²) in [4.78, 5) is 24.0. The molecule has 0 aromatic heterocycles. The molecule has 0 unspecified atom stereocenters. The molecular weight excluding hydrogens is 464 g/mol. The topological polar surface area (TPSA) is 52.6 Å². The average Bonchev–Trinajstić information content (AvgIpc) is 3.20. The van der Waals surface area contributed by atoms with Crippen LogP contribution >= 0.6 is 0 Å². The predicted octanol–water partition coefficient (Wildman–Crippen LogP) is 8.91. The van der Waals surface area contributed by atoms with Gasteiger partial charge in [-0.1, -0.05) is 90.5 Å². The molecule has 1 aromatic rings. The summed E-state index contributed by atoms with van der Waals surface area (Å²) < 4.78 is 11.6. The fourth-order valence-electron chi connectivity index (χ4n) is 5.12. The second-order valence-corrected chi connectivity index (χ2v) is 17.0. The van der Waals surface area contributed by atoms with E-state index in [-0.39, 0.29) is 23.0 Å². The highest BCUT2D eigenvalue weighted by Gasteiger charge is 2.39. The summed E-state index contributed by atoms with van der Waals surface area (Å²) >= 11 is 0. The summed E-state index contributed by atoms with van der Waals surface area (Å²) in [5.41, 5.74) is 2.59. The summed E-state index contributed by atoms with van der Waals surface area (Å²) in [7, 11) is -0.435. The van der Waals surface area contributed by atoms with Crippen molar-refractivity contribution in [2.75, 3.05) is 7.11 Å². The van der Waals surface area contributed by atoms with Crippen LogP contribution in [0.5, 0.6) is 0 Å². The molecule has 0 spiro atoms. The van der Waals surface area contributed by atoms with Gasteiger partial charge in [-0.2, -0.15) is 0 Å². The van der Waals surface area contributed by atoms with Gasteiger partial charge in [-0.25, -0.2) is 0 Å². The SMILES string of the molecule is CCCCC[C@@H](O[Si](C)(C)C(C)(C)C)c1ccc([C@H]2CCC(=O)[C@H]2CCCCCCC(=O)OC)cc1. The van der Waals surface area contributed by atoms with Gasteiger partial charge < -0.3 is 9.16 Å². The fourth-order valence-corrected chi connectivity index (χ4v) is 6.44. The van der Waals surface area contributed by atoms with Gasteiger partial charge in [0.2, 0.25) is 0 Å². The zero-order chi connectivity index (χ0) is 26.8. The normalized spacial score (nSPS) is 19.5. The second kappa shape index (κ2) is 14.5. The van der Waals surface area contributed by atoms with Gasteiger partial charge in [-0.05, 0) is 60.9 Å². The zero-order valence-corrected chi connectivity index (χ0v) is 25.2. The number of unbranched alkanes of at least 4 members (excludes halogenated alkanes) is 5. The van der Waals surface area contributed by atoms with Crippen molar-refractivity contribution in [2.45, 2.75) is 135 Å². The maximum atomic E-state index is 12.7. The van der Waals surface area contributed by atoms with E-state index in [0.717, 1.165) is 44.9 Å². The molecule has 1 aliphatic rings. The van der Waals surface area contributed by atoms with Crippen molar-refractivity contribution < 1.29 is 18.8 Å². The number of esters is 1. The third-order valence-electron chi connectivity index (χ3n) is 8.52. The van der Waals surface area contributed by atoms with Gasteiger partial charge in [0.1, 0.15) is 5.78 Å². The van der Waals surface area contributed by atoms with E-state index in [9.17, 15) is 9.59 Å². The smallest absolute Gasteiger partial charge is 0.305 e. The van der Waals surface area contributed by atoms with E-state index in [2.05, 4.69) is 65.1 Å². The molecule has 0 saturated heterocycles. The third-order valence-corrected chi connectivity index (χ3v) is 13.0. The van der Waals surface area contributed by atoms with Crippen LogP contribution in [0.4, 0.5) is 0 Å². The molecule has 4 nitrogen and oxygen atoms in total. The molecular formula is C31H52O4Si. The zero-order valence-electron chi connectivity index (χ0n) is 24.2. The van der Waals surface area contributed by atoms with Crippen molar-refractivity contribution in [1.29, 1.82) is 0 Å². The number of methoxy groups -OCH3 is 1. The molecule has 1 aromatic carbocycles. The van der Waals surface area contributed by atoms with Gasteiger partial charge in [0.25, 0.3) is 0 Å². The van der Waals surface area contributed by atoms with Crippen molar-refractivity contribution in [3.8, 4) is 0 Å². The lowest BCUT2D eigenvalue weighted by Gasteiger charge is -2.39. The summed E-state index contributed by atoms with van der Waals surface area (Å²) in [5, 5.41) is 0.187. The number of Topliss-reactive ketones (excluding diaryl/α,β-unsaturated/α-hetero) is 1. The Labute approximate surface area is 222 Å². The standard InChI is InChI=1S/C31H52O4Si/c1-8-9-12-16-29(35-36(6,7)31(2,3)4)25-20-18-24(19-21-25)26-22-23-28(32)27(26)15-13-10-11-14-17-30(33)34-5/h18-21,26-27,29H,8-17,22-23H2,1-7H3/t26-,27+,29-/m1/s1. The number of benzene rings is 1. The van der Waals surface area contributed by atoms with Crippen LogP contribution < -0.4 is 0 Å². The molecule has 1 fully saturated rings. The van der Waals surface area contributed by atoms with Crippen molar-refractivity contribution in [3.63, 3.8) is 0 Å². The quantitative estimate of drug-likeness (QED) is 0.133. The molecule has 0 aliphatic heterocycles. The first-order valence-corrected chi connectivity index (χ1v) is 17.3. The van der Waals surface area contributed by atoms with Gasteiger partial charge in [0.15, 0.2) is 8.32 Å². The van der Waals surface area contributed by atoms with E-state index in [1.54, 1.807) is 0 Å². The molecule has 1 aliphatic carbocycles. The Balaban J connectivity index is 2.02. The van der Waals surface area contributed by atoms with E-state index in [0.29, 0.717) is 24.5 Å². The molecule has 0 amide bonds. The number of ketones is 1. The molecule has 0 N–H and O–H groups in total. The molecule has 0 bridgehead atoms. The van der Waals surface area contributed by atoms with Crippen LogP contribution in [0.2, 0.25) is 18.1 Å². The van der Waals surface area contributed by atoms with Gasteiger partial charge in [0, 0.05) is 18.8 Å². The van der Waals surface area contributed by atoms with Gasteiger partial charge in [-0.3, -0.25) is 9.59 Å². The van der Waals surface area contributed by atoms with E-state index >= 15 is 0 Å². The number of hydrogen-bond donors (Lipinski definition) is 0. The first-order chi connectivity index (χ1) is 17.0. The summed E-state index contributed by atoms with van der Waals surface area (Å²) in [6, 6.07) is 9.07. The van der Waals surface area contributed by atoms with E-state index in [1.165, 1.54) is 37.5 Å². The molecule has 2 rings (SSSR count). The molecule has 1 saturated carbocycles. The Kier molecular flexibility index (Phi) is 12.4. The van der Waals surface area contributed by atoms with Gasteiger partial charge in [0.05, 0.1) is 13.2 Å². The maximum absolute atomic E-state index is 12.7. The van der Waals surface area contributed by atoms with Gasteiger partial charge in [-0.15, -0.1) is 0 Å². The van der Waals surface area contributed by atoms with E-state index in [1.807, 2.05) is 0 Å². The second-order valence-electron chi connectivity index (χ2n) is 12.3. The monoisotopic (exact) mass is 516 g/mol. The number of carbonyl (C=O) groups is 2. The number of carbonyl (C=O) groups excluding carboxylic acids is 2. The summed E-state index contributed by atoms with van der Waals surface area (Å²) in [5.74, 6) is 0.769. The van der Waals surface area contributed by atoms with Crippen LogP contribution in [-0.4, -0.2) is 27.2 Å². The average molecular weight is 517 g/mol. The minimum Gasteiger partial charge on any atom is -0.469 e. The number of rotatable bonds is 15. The molecule has 0 heterocycles. The van der Waals surface area contributed by atoms with Crippen LogP contribution in [0.25, 0.3) is 0 Å². The third kappa shape index (κ3) is 9.13. The highest BCUT2D eigenvalue weighted by molar-refractivity contribution is 6.74. The number of hydrogen-bond acceptors (Lipinski definition) is 4. The van der Waals surface area contributed by atoms with Crippen molar-refractivity contribution in [2.24, 2.45) is 5.92 Å². The lowest BCUT2D eigenvalue weighted by atomic mass is 9.84. The lowest BCUT2D eigenvalue weighted by molar-refractivity contribution is -0.140. The Bertz CT molecular complexity index is 809. The van der Waals surface area contributed by atoms with Crippen molar-refractivity contribution >= 4 is 20.1 Å². The Morgan fingerprint density at radius 1 is 1.03 bits per heavy atom. The Morgan fingerprint density at radius 2 is 1.69 bits per heavy atom. The Morgan fingerprint density at radius 3 is 2.31 bits per heavy atom. The molecule has 5 heteroatoms. The summed E-state index contributed by atoms with van der Waals surface area (Å²) in [6.45, 7) is 13.9. The maximum Gasteiger partial charge on any atom is 0.305 e. The highest BCUT2D eigenvalue weighted by atomic mass is 28.4. The molecule has 0 radical (unpaired) electrons. The number of ether oxygens (including phenoxy) is 1. The van der Waals surface area contributed by atoms with E-state index < -0.39 is 8.32 Å². The summed E-state index contributed by atoms with van der Waals surface area (Å²) in [6.07, 6.45) is 12.0. The van der Waals surface area contributed by atoms with Crippen LogP contribution in [0.1, 0.15) is 128 Å². The van der Waals surface area contributed by atoms with Crippen LogP contribution in [0, 0.1) is 5.92 Å². The molecule has 204 valence electrons. The fraction of sp³-hybridized carbons (Fsp3) is 0.742. The van der Waals surface area contributed by atoms with Gasteiger partial charge >= 0.3 is 5.97 Å². The van der Waals surface area contributed by atoms with Crippen LogP contribution in [0.3, 0.4) is 0 Å². The van der Waals surface area contributed by atoms with E-state index in [4.69, 9.17) is 9.16 Å². The first-order valence-electron chi connectivity index (χ1n) is 14.4. The Hall–Kier alpha value is -1.46. The predicted molar refractivity (Wildman–Crippen MR) is 152 cm³/mol. The first kappa shape index (κ1) is 30.8. The minimum atomic E-state index is -1.87. The highest BCUT2D eigenvalue weighted by Crippen LogP contribution is 2.43. The van der Waals surface area contributed by atoms with Crippen LogP contribution in [-0.2, 0) is 18.8 Å². The minimum absolute atomic E-state index is 0.133. The largest absolute Gasteiger partial charge is 0.469 e.